The van der Waals surface area contributed by atoms with Gasteiger partial charge in [0.15, 0.2) is 0 Å². The highest BCUT2D eigenvalue weighted by Crippen LogP contribution is 2.27. The van der Waals surface area contributed by atoms with Crippen molar-refractivity contribution in [2.75, 3.05) is 6.54 Å². The van der Waals surface area contributed by atoms with E-state index in [9.17, 15) is 14.4 Å². The lowest BCUT2D eigenvalue weighted by Gasteiger charge is -2.37. The number of benzene rings is 1. The average molecular weight is 484 g/mol. The van der Waals surface area contributed by atoms with Crippen molar-refractivity contribution < 1.29 is 19.1 Å². The Morgan fingerprint density at radius 1 is 1.17 bits per heavy atom. The molecule has 0 saturated carbocycles. The van der Waals surface area contributed by atoms with E-state index in [1.807, 2.05) is 34.6 Å². The van der Waals surface area contributed by atoms with E-state index in [1.165, 1.54) is 4.90 Å². The van der Waals surface area contributed by atoms with E-state index in [1.54, 1.807) is 51.1 Å². The van der Waals surface area contributed by atoms with Gasteiger partial charge in [-0.1, -0.05) is 50.5 Å². The lowest BCUT2D eigenvalue weighted by molar-refractivity contribution is -0.143. The van der Waals surface area contributed by atoms with Crippen LogP contribution in [-0.2, 0) is 14.3 Å². The third-order valence-electron chi connectivity index (χ3n) is 5.23. The van der Waals surface area contributed by atoms with Crippen LogP contribution in [0.1, 0.15) is 79.0 Å². The smallest absolute Gasteiger partial charge is 0.408 e. The Kier molecular flexibility index (Phi) is 10.6. The Morgan fingerprint density at radius 3 is 2.26 bits per heavy atom. The highest BCUT2D eigenvalue weighted by Gasteiger charge is 2.39. The predicted octanol–water partition coefficient (Wildman–Crippen LogP) is 4.58. The third kappa shape index (κ3) is 9.12. The number of rotatable bonds is 9. The van der Waals surface area contributed by atoms with E-state index in [4.69, 9.17) is 11.2 Å². The zero-order valence-electron chi connectivity index (χ0n) is 22.4. The summed E-state index contributed by atoms with van der Waals surface area (Å²) in [6.45, 7) is 18.5. The zero-order valence-corrected chi connectivity index (χ0v) is 22.4. The van der Waals surface area contributed by atoms with Gasteiger partial charge >= 0.3 is 6.09 Å². The van der Waals surface area contributed by atoms with E-state index in [-0.39, 0.29) is 18.4 Å². The second-order valence-electron chi connectivity index (χ2n) is 10.7. The number of amides is 3. The summed E-state index contributed by atoms with van der Waals surface area (Å²) >= 11 is 0. The van der Waals surface area contributed by atoms with Crippen molar-refractivity contribution in [2.24, 2.45) is 5.92 Å². The summed E-state index contributed by atoms with van der Waals surface area (Å²) in [7, 11) is 0. The molecule has 3 amide bonds. The van der Waals surface area contributed by atoms with E-state index >= 15 is 0 Å². The molecule has 0 aliphatic rings. The highest BCUT2D eigenvalue weighted by molar-refractivity contribution is 5.93. The van der Waals surface area contributed by atoms with Crippen molar-refractivity contribution in [3.05, 3.63) is 48.0 Å². The molecular formula is C28H41N3O4. The summed E-state index contributed by atoms with van der Waals surface area (Å²) in [5.41, 5.74) is -0.251. The minimum absolute atomic E-state index is 0.0723. The molecule has 1 aromatic rings. The molecular weight excluding hydrogens is 442 g/mol. The average Bonchev–Trinajstić information content (AvgIpc) is 2.74. The van der Waals surface area contributed by atoms with Gasteiger partial charge in [-0.05, 0) is 59.1 Å². The fourth-order valence-corrected chi connectivity index (χ4v) is 3.51. The van der Waals surface area contributed by atoms with Gasteiger partial charge in [0.05, 0.1) is 0 Å². The van der Waals surface area contributed by atoms with Crippen LogP contribution in [0.5, 0.6) is 0 Å². The number of hydrogen-bond donors (Lipinski definition) is 2. The zero-order chi connectivity index (χ0) is 27.0. The molecule has 1 aromatic carbocycles. The Balaban J connectivity index is 3.60. The predicted molar refractivity (Wildman–Crippen MR) is 140 cm³/mol. The summed E-state index contributed by atoms with van der Waals surface area (Å²) in [6.07, 6.45) is 7.21. The van der Waals surface area contributed by atoms with Crippen LogP contribution >= 0.6 is 0 Å². The second kappa shape index (κ2) is 12.4. The monoisotopic (exact) mass is 483 g/mol. The molecule has 192 valence electrons. The molecule has 3 atom stereocenters. The molecule has 0 heterocycles. The first-order valence-electron chi connectivity index (χ1n) is 11.9. The first kappa shape index (κ1) is 29.8. The van der Waals surface area contributed by atoms with Crippen molar-refractivity contribution in [3.63, 3.8) is 0 Å². The van der Waals surface area contributed by atoms with Gasteiger partial charge in [-0.3, -0.25) is 9.59 Å². The van der Waals surface area contributed by atoms with Crippen LogP contribution < -0.4 is 10.6 Å². The first-order chi connectivity index (χ1) is 16.1. The molecule has 0 radical (unpaired) electrons. The summed E-state index contributed by atoms with van der Waals surface area (Å²) in [4.78, 5) is 41.6. The van der Waals surface area contributed by atoms with Crippen LogP contribution in [0.4, 0.5) is 4.79 Å². The molecule has 0 fully saturated rings. The van der Waals surface area contributed by atoms with Crippen LogP contribution in [-0.4, -0.2) is 46.5 Å². The fraction of sp³-hybridized carbons (Fsp3) is 0.536. The van der Waals surface area contributed by atoms with E-state index < -0.39 is 35.2 Å². The quantitative estimate of drug-likeness (QED) is 0.398. The Bertz CT molecular complexity index is 950. The number of ether oxygens (including phenoxy) is 1. The number of terminal acetylenes is 1. The molecule has 1 rings (SSSR count). The molecule has 3 unspecified atom stereocenters. The van der Waals surface area contributed by atoms with Crippen LogP contribution in [0.2, 0.25) is 0 Å². The largest absolute Gasteiger partial charge is 0.444 e. The number of carbonyl (C=O) groups is 3. The maximum atomic E-state index is 14.0. The van der Waals surface area contributed by atoms with Crippen LogP contribution in [0.3, 0.4) is 0 Å². The SMILES string of the molecule is C#Cc1ccccc1C(C(=O)NC(C)(C)C)N(CC=C)C(=O)C(NC(=O)OC(C)(C)C)C(C)CC. The Hall–Kier alpha value is -3.27. The van der Waals surface area contributed by atoms with Crippen LogP contribution in [0.15, 0.2) is 36.9 Å². The first-order valence-corrected chi connectivity index (χ1v) is 11.9. The van der Waals surface area contributed by atoms with E-state index in [2.05, 4.69) is 23.1 Å². The van der Waals surface area contributed by atoms with Crippen LogP contribution in [0.25, 0.3) is 0 Å². The lowest BCUT2D eigenvalue weighted by Crippen LogP contribution is -2.56. The molecule has 0 spiro atoms. The maximum Gasteiger partial charge on any atom is 0.408 e. The van der Waals surface area contributed by atoms with Crippen molar-refractivity contribution in [1.82, 2.24) is 15.5 Å². The summed E-state index contributed by atoms with van der Waals surface area (Å²) in [5.74, 6) is 1.59. The highest BCUT2D eigenvalue weighted by atomic mass is 16.6. The molecule has 0 aromatic heterocycles. The van der Waals surface area contributed by atoms with Gasteiger partial charge in [0.1, 0.15) is 17.7 Å². The molecule has 35 heavy (non-hydrogen) atoms. The van der Waals surface area contributed by atoms with E-state index in [0.717, 1.165) is 0 Å². The Morgan fingerprint density at radius 2 is 1.77 bits per heavy atom. The van der Waals surface area contributed by atoms with Gasteiger partial charge < -0.3 is 20.3 Å². The van der Waals surface area contributed by atoms with Crippen molar-refractivity contribution in [2.45, 2.75) is 85.0 Å². The van der Waals surface area contributed by atoms with Gasteiger partial charge in [0.2, 0.25) is 11.8 Å². The van der Waals surface area contributed by atoms with Gasteiger partial charge in [-0.15, -0.1) is 13.0 Å². The molecule has 0 aliphatic carbocycles. The number of nitrogens with one attached hydrogen (secondary N) is 2. The van der Waals surface area contributed by atoms with Crippen molar-refractivity contribution in [3.8, 4) is 12.3 Å². The summed E-state index contributed by atoms with van der Waals surface area (Å²) in [6, 6.07) is 5.08. The lowest BCUT2D eigenvalue weighted by atomic mass is 9.93. The fourth-order valence-electron chi connectivity index (χ4n) is 3.51. The minimum Gasteiger partial charge on any atom is -0.444 e. The van der Waals surface area contributed by atoms with E-state index in [0.29, 0.717) is 17.5 Å². The third-order valence-corrected chi connectivity index (χ3v) is 5.23. The molecule has 2 N–H and O–H groups in total. The summed E-state index contributed by atoms with van der Waals surface area (Å²) in [5, 5.41) is 5.70. The van der Waals surface area contributed by atoms with Gasteiger partial charge in [0, 0.05) is 17.6 Å². The molecule has 0 aliphatic heterocycles. The van der Waals surface area contributed by atoms with Gasteiger partial charge in [0.25, 0.3) is 0 Å². The molecule has 0 saturated heterocycles. The maximum absolute atomic E-state index is 14.0. The normalized spacial score (nSPS) is 14.0. The molecule has 7 nitrogen and oxygen atoms in total. The van der Waals surface area contributed by atoms with Gasteiger partial charge in [-0.2, -0.15) is 0 Å². The van der Waals surface area contributed by atoms with Gasteiger partial charge in [-0.25, -0.2) is 4.79 Å². The standard InChI is InChI=1S/C28H41N3O4/c1-11-18-31(25(33)22(19(4)12-2)29-26(34)35-28(8,9)10)23(24(32)30-27(5,6)7)21-17-15-14-16-20(21)13-3/h3,11,14-17,19,22-23H,1,12,18H2,2,4-10H3,(H,29,34)(H,30,32). The number of carbonyl (C=O) groups excluding carboxylic acids is 3. The van der Waals surface area contributed by atoms with Crippen molar-refractivity contribution >= 4 is 17.9 Å². The van der Waals surface area contributed by atoms with Crippen LogP contribution in [0, 0.1) is 18.3 Å². The summed E-state index contributed by atoms with van der Waals surface area (Å²) < 4.78 is 5.40. The minimum atomic E-state index is -1.03. The number of nitrogens with zero attached hydrogens (tertiary/aromatic N) is 1. The number of hydrogen-bond acceptors (Lipinski definition) is 4. The molecule has 7 heteroatoms. The number of alkyl carbamates (subject to hydrolysis) is 1. The topological polar surface area (TPSA) is 87.7 Å². The Labute approximate surface area is 210 Å². The van der Waals surface area contributed by atoms with Crippen molar-refractivity contribution in [1.29, 1.82) is 0 Å². The molecule has 0 bridgehead atoms. The second-order valence-corrected chi connectivity index (χ2v) is 10.7.